The number of hydrogen-bond acceptors (Lipinski definition) is 0. The molecule has 0 saturated carbocycles. The summed E-state index contributed by atoms with van der Waals surface area (Å²) in [7, 11) is 0. The standard InChI is InChI=1S/C10H10F12/c1-2-6(13,14)8(17,18)4-9(19,20)10(21,22)7(15,16)3-5(11)12/h5H,2-4H2,1H3. The van der Waals surface area contributed by atoms with E-state index in [4.69, 9.17) is 0 Å². The van der Waals surface area contributed by atoms with Gasteiger partial charge in [0.25, 0.3) is 0 Å². The van der Waals surface area contributed by atoms with Crippen molar-refractivity contribution in [3.63, 3.8) is 0 Å². The van der Waals surface area contributed by atoms with E-state index in [0.717, 1.165) is 0 Å². The van der Waals surface area contributed by atoms with Crippen LogP contribution in [-0.2, 0) is 0 Å². The van der Waals surface area contributed by atoms with Gasteiger partial charge in [-0.25, -0.2) is 8.78 Å². The van der Waals surface area contributed by atoms with Gasteiger partial charge in [-0.1, -0.05) is 6.92 Å². The Morgan fingerprint density at radius 3 is 1.36 bits per heavy atom. The van der Waals surface area contributed by atoms with E-state index < -0.39 is 55.3 Å². The highest BCUT2D eigenvalue weighted by molar-refractivity contribution is 5.01. The molecule has 0 nitrogen and oxygen atoms in total. The molecule has 0 aliphatic carbocycles. The molecule has 0 aromatic heterocycles. The predicted octanol–water partition coefficient (Wildman–Crippen LogP) is 5.62. The molecule has 0 aromatic rings. The third-order valence-electron chi connectivity index (χ3n) is 2.75. The molecule has 0 heterocycles. The van der Waals surface area contributed by atoms with Gasteiger partial charge in [-0.05, 0) is 0 Å². The van der Waals surface area contributed by atoms with Crippen LogP contribution < -0.4 is 0 Å². The molecule has 0 bridgehead atoms. The summed E-state index contributed by atoms with van der Waals surface area (Å²) in [5.41, 5.74) is 0. The van der Waals surface area contributed by atoms with Gasteiger partial charge in [-0.15, -0.1) is 0 Å². The Balaban J connectivity index is 5.54. The van der Waals surface area contributed by atoms with E-state index in [1.54, 1.807) is 0 Å². The van der Waals surface area contributed by atoms with Crippen LogP contribution in [-0.4, -0.2) is 36.0 Å². The van der Waals surface area contributed by atoms with Gasteiger partial charge in [0.1, 0.15) is 0 Å². The number of alkyl halides is 12. The van der Waals surface area contributed by atoms with Crippen molar-refractivity contribution >= 4 is 0 Å². The third kappa shape index (κ3) is 3.92. The van der Waals surface area contributed by atoms with E-state index in [1.165, 1.54) is 0 Å². The molecule has 0 fully saturated rings. The zero-order chi connectivity index (χ0) is 18.2. The summed E-state index contributed by atoms with van der Waals surface area (Å²) < 4.78 is 152. The first-order valence-electron chi connectivity index (χ1n) is 5.61. The zero-order valence-corrected chi connectivity index (χ0v) is 10.7. The fraction of sp³-hybridized carbons (Fsp3) is 1.00. The van der Waals surface area contributed by atoms with Crippen molar-refractivity contribution in [1.82, 2.24) is 0 Å². The van der Waals surface area contributed by atoms with Crippen molar-refractivity contribution in [3.8, 4) is 0 Å². The Bertz CT molecular complexity index is 372. The minimum Gasteiger partial charge on any atom is -0.210 e. The van der Waals surface area contributed by atoms with Crippen LogP contribution in [0.1, 0.15) is 26.2 Å². The van der Waals surface area contributed by atoms with E-state index >= 15 is 0 Å². The molecular weight excluding hydrogens is 348 g/mol. The maximum Gasteiger partial charge on any atom is 0.372 e. The summed E-state index contributed by atoms with van der Waals surface area (Å²) in [6, 6.07) is 0. The molecule has 0 N–H and O–H groups in total. The largest absolute Gasteiger partial charge is 0.372 e. The molecule has 22 heavy (non-hydrogen) atoms. The molecular formula is C10H10F12. The van der Waals surface area contributed by atoms with Crippen molar-refractivity contribution < 1.29 is 52.7 Å². The summed E-state index contributed by atoms with van der Waals surface area (Å²) in [6.45, 7) is 0.426. The molecule has 0 atom stereocenters. The molecule has 0 aliphatic rings. The van der Waals surface area contributed by atoms with E-state index in [9.17, 15) is 52.7 Å². The third-order valence-corrected chi connectivity index (χ3v) is 2.75. The van der Waals surface area contributed by atoms with Crippen molar-refractivity contribution in [2.75, 3.05) is 0 Å². The first kappa shape index (κ1) is 21.2. The van der Waals surface area contributed by atoms with Crippen LogP contribution in [0.2, 0.25) is 0 Å². The lowest BCUT2D eigenvalue weighted by Gasteiger charge is -2.36. The highest BCUT2D eigenvalue weighted by atomic mass is 19.4. The molecule has 0 amide bonds. The maximum absolute atomic E-state index is 13.0. The normalized spacial score (nSPS) is 15.5. The van der Waals surface area contributed by atoms with Crippen LogP contribution in [0, 0.1) is 0 Å². The molecule has 0 aromatic carbocycles. The van der Waals surface area contributed by atoms with E-state index in [1.807, 2.05) is 0 Å². The number of rotatable bonds is 8. The van der Waals surface area contributed by atoms with Gasteiger partial charge >= 0.3 is 29.6 Å². The van der Waals surface area contributed by atoms with Gasteiger partial charge in [-0.2, -0.15) is 43.9 Å². The van der Waals surface area contributed by atoms with Gasteiger partial charge in [0.2, 0.25) is 6.43 Å². The second kappa shape index (κ2) is 5.99. The van der Waals surface area contributed by atoms with Crippen molar-refractivity contribution in [3.05, 3.63) is 0 Å². The summed E-state index contributed by atoms with van der Waals surface area (Å²) in [5.74, 6) is -30.0. The number of hydrogen-bond donors (Lipinski definition) is 0. The van der Waals surface area contributed by atoms with Crippen molar-refractivity contribution in [2.24, 2.45) is 0 Å². The van der Waals surface area contributed by atoms with Crippen LogP contribution in [0.3, 0.4) is 0 Å². The lowest BCUT2D eigenvalue weighted by Crippen LogP contribution is -2.58. The smallest absolute Gasteiger partial charge is 0.210 e. The van der Waals surface area contributed by atoms with Gasteiger partial charge in [0.05, 0.1) is 12.8 Å². The average Bonchev–Trinajstić information content (AvgIpc) is 2.24. The minimum absolute atomic E-state index is 0.426. The minimum atomic E-state index is -6.66. The maximum atomic E-state index is 13.0. The summed E-state index contributed by atoms with van der Waals surface area (Å²) in [5, 5.41) is 0. The highest BCUT2D eigenvalue weighted by Gasteiger charge is 2.75. The van der Waals surface area contributed by atoms with Gasteiger partial charge in [0, 0.05) is 6.42 Å². The Morgan fingerprint density at radius 1 is 0.636 bits per heavy atom. The monoisotopic (exact) mass is 358 g/mol. The molecule has 12 heteroatoms. The first-order valence-corrected chi connectivity index (χ1v) is 5.61. The average molecular weight is 358 g/mol. The second-order valence-electron chi connectivity index (χ2n) is 4.52. The molecule has 0 radical (unpaired) electrons. The van der Waals surface area contributed by atoms with Crippen LogP contribution in [0.25, 0.3) is 0 Å². The molecule has 0 saturated heterocycles. The van der Waals surface area contributed by atoms with E-state index in [2.05, 4.69) is 0 Å². The summed E-state index contributed by atoms with van der Waals surface area (Å²) in [6.07, 6.45) is -12.5. The molecule has 0 aliphatic heterocycles. The fourth-order valence-electron chi connectivity index (χ4n) is 1.37. The summed E-state index contributed by atoms with van der Waals surface area (Å²) >= 11 is 0. The molecule has 0 unspecified atom stereocenters. The quantitative estimate of drug-likeness (QED) is 0.494. The fourth-order valence-corrected chi connectivity index (χ4v) is 1.37. The molecule has 134 valence electrons. The van der Waals surface area contributed by atoms with Crippen LogP contribution in [0.4, 0.5) is 52.7 Å². The van der Waals surface area contributed by atoms with Crippen LogP contribution >= 0.6 is 0 Å². The summed E-state index contributed by atoms with van der Waals surface area (Å²) in [4.78, 5) is 0. The molecule has 0 spiro atoms. The lowest BCUT2D eigenvalue weighted by atomic mass is 9.93. The number of halogens is 12. The topological polar surface area (TPSA) is 0 Å². The van der Waals surface area contributed by atoms with E-state index in [0.29, 0.717) is 6.92 Å². The van der Waals surface area contributed by atoms with Crippen molar-refractivity contribution in [2.45, 2.75) is 62.2 Å². The van der Waals surface area contributed by atoms with Gasteiger partial charge in [0.15, 0.2) is 0 Å². The SMILES string of the molecule is CCC(F)(F)C(F)(F)CC(F)(F)C(F)(F)C(F)(F)CC(F)F. The van der Waals surface area contributed by atoms with E-state index in [-0.39, 0.29) is 0 Å². The highest BCUT2D eigenvalue weighted by Crippen LogP contribution is 2.54. The first-order chi connectivity index (χ1) is 9.43. The van der Waals surface area contributed by atoms with Gasteiger partial charge < -0.3 is 0 Å². The second-order valence-corrected chi connectivity index (χ2v) is 4.52. The predicted molar refractivity (Wildman–Crippen MR) is 50.3 cm³/mol. The molecule has 0 rings (SSSR count). The Kier molecular flexibility index (Phi) is 5.76. The Labute approximate surface area is 116 Å². The lowest BCUT2D eigenvalue weighted by molar-refractivity contribution is -0.340. The van der Waals surface area contributed by atoms with Crippen LogP contribution in [0.5, 0.6) is 0 Å². The van der Waals surface area contributed by atoms with Crippen molar-refractivity contribution in [1.29, 1.82) is 0 Å². The van der Waals surface area contributed by atoms with Crippen LogP contribution in [0.15, 0.2) is 0 Å². The Morgan fingerprint density at radius 2 is 1.05 bits per heavy atom. The zero-order valence-electron chi connectivity index (χ0n) is 10.7. The van der Waals surface area contributed by atoms with Gasteiger partial charge in [-0.3, -0.25) is 0 Å². The Hall–Kier alpha value is -0.840.